The standard InChI is InChI=1S/C17H26N2O2/c18-13-17(8-4-9-17)11-16(20)19(14-5-1-2-6-14)12-15-7-3-10-21-15/h3,7,10,14H,1-2,4-6,8-9,11-13,18H2. The minimum Gasteiger partial charge on any atom is -0.467 e. The van der Waals surface area contributed by atoms with Gasteiger partial charge >= 0.3 is 0 Å². The highest BCUT2D eigenvalue weighted by Gasteiger charge is 2.40. The first-order valence-electron chi connectivity index (χ1n) is 8.24. The lowest BCUT2D eigenvalue weighted by Crippen LogP contribution is -2.45. The zero-order chi connectivity index (χ0) is 14.7. The number of nitrogens with zero attached hydrogens (tertiary/aromatic N) is 1. The molecule has 1 heterocycles. The monoisotopic (exact) mass is 290 g/mol. The summed E-state index contributed by atoms with van der Waals surface area (Å²) in [6.45, 7) is 1.25. The molecule has 1 aromatic heterocycles. The second-order valence-electron chi connectivity index (χ2n) is 6.77. The van der Waals surface area contributed by atoms with Crippen LogP contribution in [0.25, 0.3) is 0 Å². The number of hydrogen-bond acceptors (Lipinski definition) is 3. The Labute approximate surface area is 126 Å². The average molecular weight is 290 g/mol. The van der Waals surface area contributed by atoms with Crippen LogP contribution < -0.4 is 5.73 Å². The van der Waals surface area contributed by atoms with Gasteiger partial charge in [-0.25, -0.2) is 0 Å². The van der Waals surface area contributed by atoms with Crippen LogP contribution in [0.2, 0.25) is 0 Å². The Hall–Kier alpha value is -1.29. The lowest BCUT2D eigenvalue weighted by molar-refractivity contribution is -0.138. The number of hydrogen-bond donors (Lipinski definition) is 1. The van der Waals surface area contributed by atoms with Crippen LogP contribution in [-0.2, 0) is 11.3 Å². The van der Waals surface area contributed by atoms with Gasteiger partial charge in [0.2, 0.25) is 5.91 Å². The molecule has 4 heteroatoms. The fourth-order valence-electron chi connectivity index (χ4n) is 3.76. The molecule has 2 N–H and O–H groups in total. The first kappa shape index (κ1) is 14.6. The van der Waals surface area contributed by atoms with E-state index in [1.807, 2.05) is 12.1 Å². The second-order valence-corrected chi connectivity index (χ2v) is 6.77. The molecule has 116 valence electrons. The van der Waals surface area contributed by atoms with Gasteiger partial charge in [-0.1, -0.05) is 19.3 Å². The summed E-state index contributed by atoms with van der Waals surface area (Å²) in [6.07, 6.45) is 10.4. The van der Waals surface area contributed by atoms with Crippen molar-refractivity contribution in [1.29, 1.82) is 0 Å². The molecule has 4 nitrogen and oxygen atoms in total. The highest BCUT2D eigenvalue weighted by Crippen LogP contribution is 2.43. The summed E-state index contributed by atoms with van der Waals surface area (Å²) in [5.41, 5.74) is 6.00. The Bertz CT molecular complexity index is 454. The van der Waals surface area contributed by atoms with Crippen LogP contribution in [0.15, 0.2) is 22.8 Å². The van der Waals surface area contributed by atoms with Crippen molar-refractivity contribution in [2.45, 2.75) is 64.0 Å². The lowest BCUT2D eigenvalue weighted by atomic mass is 9.66. The number of nitrogens with two attached hydrogens (primary N) is 1. The highest BCUT2D eigenvalue weighted by molar-refractivity contribution is 5.77. The Morgan fingerprint density at radius 3 is 2.62 bits per heavy atom. The van der Waals surface area contributed by atoms with Gasteiger partial charge in [0.25, 0.3) is 0 Å². The fourth-order valence-corrected chi connectivity index (χ4v) is 3.76. The molecule has 2 saturated carbocycles. The van der Waals surface area contributed by atoms with Crippen molar-refractivity contribution >= 4 is 5.91 Å². The van der Waals surface area contributed by atoms with E-state index in [4.69, 9.17) is 10.2 Å². The molecule has 3 rings (SSSR count). The molecule has 0 saturated heterocycles. The van der Waals surface area contributed by atoms with E-state index < -0.39 is 0 Å². The summed E-state index contributed by atoms with van der Waals surface area (Å²) >= 11 is 0. The van der Waals surface area contributed by atoms with E-state index in [0.29, 0.717) is 25.6 Å². The van der Waals surface area contributed by atoms with Gasteiger partial charge in [-0.2, -0.15) is 0 Å². The van der Waals surface area contributed by atoms with Gasteiger partial charge in [0, 0.05) is 12.5 Å². The third-order valence-corrected chi connectivity index (χ3v) is 5.37. The maximum Gasteiger partial charge on any atom is 0.223 e. The maximum absolute atomic E-state index is 12.9. The summed E-state index contributed by atoms with van der Waals surface area (Å²) in [6, 6.07) is 4.23. The minimum absolute atomic E-state index is 0.0805. The smallest absolute Gasteiger partial charge is 0.223 e. The number of amides is 1. The van der Waals surface area contributed by atoms with Gasteiger partial charge < -0.3 is 15.1 Å². The van der Waals surface area contributed by atoms with Crippen LogP contribution >= 0.6 is 0 Å². The molecule has 1 amide bonds. The molecule has 0 atom stereocenters. The molecule has 1 aromatic rings. The van der Waals surface area contributed by atoms with Crippen LogP contribution in [0.1, 0.15) is 57.1 Å². The Balaban J connectivity index is 1.69. The van der Waals surface area contributed by atoms with Gasteiger partial charge in [0.1, 0.15) is 5.76 Å². The molecule has 0 unspecified atom stereocenters. The Morgan fingerprint density at radius 1 is 1.33 bits per heavy atom. The summed E-state index contributed by atoms with van der Waals surface area (Å²) in [5.74, 6) is 1.15. The SMILES string of the molecule is NCC1(CC(=O)N(Cc2ccco2)C2CCCC2)CCC1. The molecular weight excluding hydrogens is 264 g/mol. The molecule has 2 aliphatic carbocycles. The number of furan rings is 1. The molecule has 0 spiro atoms. The average Bonchev–Trinajstić information content (AvgIpc) is 3.12. The molecule has 2 aliphatic rings. The summed E-state index contributed by atoms with van der Waals surface area (Å²) in [4.78, 5) is 14.9. The van der Waals surface area contributed by atoms with E-state index in [2.05, 4.69) is 4.90 Å². The predicted molar refractivity (Wildman–Crippen MR) is 81.5 cm³/mol. The number of carbonyl (C=O) groups is 1. The number of rotatable bonds is 6. The highest BCUT2D eigenvalue weighted by atomic mass is 16.3. The van der Waals surface area contributed by atoms with E-state index in [-0.39, 0.29) is 11.3 Å². The topological polar surface area (TPSA) is 59.5 Å². The Kier molecular flexibility index (Phi) is 4.34. The van der Waals surface area contributed by atoms with E-state index in [9.17, 15) is 4.79 Å². The first-order chi connectivity index (χ1) is 10.2. The minimum atomic E-state index is 0.0805. The van der Waals surface area contributed by atoms with Crippen LogP contribution in [0.3, 0.4) is 0 Å². The third kappa shape index (κ3) is 3.15. The van der Waals surface area contributed by atoms with Crippen molar-refractivity contribution in [3.8, 4) is 0 Å². The molecule has 0 bridgehead atoms. The van der Waals surface area contributed by atoms with Crippen LogP contribution in [0.4, 0.5) is 0 Å². The molecule has 0 aromatic carbocycles. The van der Waals surface area contributed by atoms with E-state index in [1.165, 1.54) is 19.3 Å². The van der Waals surface area contributed by atoms with Gasteiger partial charge in [-0.15, -0.1) is 0 Å². The van der Waals surface area contributed by atoms with Gasteiger partial charge in [0.05, 0.1) is 12.8 Å². The fraction of sp³-hybridized carbons (Fsp3) is 0.706. The van der Waals surface area contributed by atoms with Gasteiger partial charge in [0.15, 0.2) is 0 Å². The van der Waals surface area contributed by atoms with Crippen LogP contribution in [0.5, 0.6) is 0 Å². The molecular formula is C17H26N2O2. The summed E-state index contributed by atoms with van der Waals surface area (Å²) < 4.78 is 5.45. The van der Waals surface area contributed by atoms with E-state index in [1.54, 1.807) is 6.26 Å². The zero-order valence-corrected chi connectivity index (χ0v) is 12.7. The third-order valence-electron chi connectivity index (χ3n) is 5.37. The zero-order valence-electron chi connectivity index (χ0n) is 12.7. The van der Waals surface area contributed by atoms with Gasteiger partial charge in [-0.05, 0) is 49.8 Å². The maximum atomic E-state index is 12.9. The van der Waals surface area contributed by atoms with Crippen molar-refractivity contribution in [3.05, 3.63) is 24.2 Å². The van der Waals surface area contributed by atoms with Crippen LogP contribution in [0, 0.1) is 5.41 Å². The van der Waals surface area contributed by atoms with E-state index in [0.717, 1.165) is 31.4 Å². The molecule has 21 heavy (non-hydrogen) atoms. The number of carbonyl (C=O) groups excluding carboxylic acids is 1. The molecule has 2 fully saturated rings. The molecule has 0 radical (unpaired) electrons. The van der Waals surface area contributed by atoms with Crippen molar-refractivity contribution in [3.63, 3.8) is 0 Å². The van der Waals surface area contributed by atoms with Crippen molar-refractivity contribution in [2.24, 2.45) is 11.1 Å². The quantitative estimate of drug-likeness (QED) is 0.876. The van der Waals surface area contributed by atoms with Gasteiger partial charge in [-0.3, -0.25) is 4.79 Å². The van der Waals surface area contributed by atoms with E-state index >= 15 is 0 Å². The lowest BCUT2D eigenvalue weighted by Gasteiger charge is -2.42. The van der Waals surface area contributed by atoms with Crippen molar-refractivity contribution < 1.29 is 9.21 Å². The van der Waals surface area contributed by atoms with Crippen molar-refractivity contribution in [1.82, 2.24) is 4.90 Å². The van der Waals surface area contributed by atoms with Crippen LogP contribution in [-0.4, -0.2) is 23.4 Å². The summed E-state index contributed by atoms with van der Waals surface area (Å²) in [7, 11) is 0. The molecule has 0 aliphatic heterocycles. The second kappa shape index (κ2) is 6.22. The normalized spacial score (nSPS) is 21.2. The Morgan fingerprint density at radius 2 is 2.10 bits per heavy atom. The summed E-state index contributed by atoms with van der Waals surface area (Å²) in [5, 5.41) is 0. The first-order valence-corrected chi connectivity index (χ1v) is 8.24. The predicted octanol–water partition coefficient (Wildman–Crippen LogP) is 3.07. The largest absolute Gasteiger partial charge is 0.467 e. The van der Waals surface area contributed by atoms with Crippen molar-refractivity contribution in [2.75, 3.05) is 6.54 Å².